The number of carbonyl (C=O) groups excluding carboxylic acids is 1. The molecule has 0 saturated carbocycles. The summed E-state index contributed by atoms with van der Waals surface area (Å²) >= 11 is 0. The SMILES string of the molecule is Cc1ccccc1C(=O)NN=Cc1ccccc1[N+](=O)[O-]. The van der Waals surface area contributed by atoms with Gasteiger partial charge < -0.3 is 0 Å². The standard InChI is InChI=1S/C15H13N3O3/c1-11-6-2-4-8-13(11)15(19)17-16-10-12-7-3-5-9-14(12)18(20)21/h2-10H,1H3,(H,17,19). The van der Waals surface area contributed by atoms with Crippen molar-refractivity contribution in [3.05, 3.63) is 75.3 Å². The van der Waals surface area contributed by atoms with Gasteiger partial charge in [-0.05, 0) is 24.6 Å². The van der Waals surface area contributed by atoms with Crippen LogP contribution >= 0.6 is 0 Å². The van der Waals surface area contributed by atoms with Crippen LogP contribution in [0.25, 0.3) is 0 Å². The molecule has 0 fully saturated rings. The lowest BCUT2D eigenvalue weighted by Gasteiger charge is -2.03. The van der Waals surface area contributed by atoms with Crippen molar-refractivity contribution in [3.8, 4) is 0 Å². The van der Waals surface area contributed by atoms with Crippen molar-refractivity contribution in [2.45, 2.75) is 6.92 Å². The van der Waals surface area contributed by atoms with Crippen molar-refractivity contribution in [1.29, 1.82) is 0 Å². The Kier molecular flexibility index (Phi) is 4.40. The average molecular weight is 283 g/mol. The molecule has 6 heteroatoms. The van der Waals surface area contributed by atoms with Crippen LogP contribution in [0.3, 0.4) is 0 Å². The van der Waals surface area contributed by atoms with Crippen molar-refractivity contribution in [1.82, 2.24) is 5.43 Å². The first kappa shape index (κ1) is 14.4. The van der Waals surface area contributed by atoms with E-state index in [1.807, 2.05) is 19.1 Å². The van der Waals surface area contributed by atoms with Gasteiger partial charge in [0.15, 0.2) is 0 Å². The summed E-state index contributed by atoms with van der Waals surface area (Å²) in [4.78, 5) is 22.3. The normalized spacial score (nSPS) is 10.5. The zero-order valence-corrected chi connectivity index (χ0v) is 11.3. The second kappa shape index (κ2) is 6.42. The zero-order valence-electron chi connectivity index (χ0n) is 11.3. The van der Waals surface area contributed by atoms with Crippen LogP contribution in [0.1, 0.15) is 21.5 Å². The van der Waals surface area contributed by atoms with Gasteiger partial charge in [-0.2, -0.15) is 5.10 Å². The molecule has 2 aromatic rings. The van der Waals surface area contributed by atoms with Crippen molar-refractivity contribution in [2.75, 3.05) is 0 Å². The number of para-hydroxylation sites is 1. The fourth-order valence-electron chi connectivity index (χ4n) is 1.81. The maximum absolute atomic E-state index is 11.9. The highest BCUT2D eigenvalue weighted by Gasteiger charge is 2.10. The molecule has 0 bridgehead atoms. The lowest BCUT2D eigenvalue weighted by Crippen LogP contribution is -2.18. The van der Waals surface area contributed by atoms with E-state index in [4.69, 9.17) is 0 Å². The minimum Gasteiger partial charge on any atom is -0.267 e. The number of carbonyl (C=O) groups is 1. The largest absolute Gasteiger partial charge is 0.278 e. The van der Waals surface area contributed by atoms with Gasteiger partial charge in [0.1, 0.15) is 0 Å². The highest BCUT2D eigenvalue weighted by Crippen LogP contribution is 2.15. The third kappa shape index (κ3) is 3.50. The summed E-state index contributed by atoms with van der Waals surface area (Å²) in [6.07, 6.45) is 1.26. The van der Waals surface area contributed by atoms with Crippen molar-refractivity contribution < 1.29 is 9.72 Å². The van der Waals surface area contributed by atoms with Gasteiger partial charge in [-0.1, -0.05) is 30.3 Å². The van der Waals surface area contributed by atoms with Crippen molar-refractivity contribution >= 4 is 17.8 Å². The quantitative estimate of drug-likeness (QED) is 0.532. The van der Waals surface area contributed by atoms with E-state index in [0.717, 1.165) is 5.56 Å². The van der Waals surface area contributed by atoms with Crippen LogP contribution in [-0.2, 0) is 0 Å². The molecule has 106 valence electrons. The predicted octanol–water partition coefficient (Wildman–Crippen LogP) is 2.67. The molecule has 0 aliphatic carbocycles. The van der Waals surface area contributed by atoms with Crippen LogP contribution in [0, 0.1) is 17.0 Å². The summed E-state index contributed by atoms with van der Waals surface area (Å²) in [5, 5.41) is 14.6. The van der Waals surface area contributed by atoms with Crippen LogP contribution in [0.4, 0.5) is 5.69 Å². The van der Waals surface area contributed by atoms with Crippen molar-refractivity contribution in [3.63, 3.8) is 0 Å². The van der Waals surface area contributed by atoms with Gasteiger partial charge in [0.05, 0.1) is 16.7 Å². The minimum atomic E-state index is -0.496. The first-order valence-electron chi connectivity index (χ1n) is 6.22. The van der Waals surface area contributed by atoms with E-state index in [-0.39, 0.29) is 11.6 Å². The zero-order chi connectivity index (χ0) is 15.2. The molecule has 0 aliphatic heterocycles. The number of hydrogen-bond donors (Lipinski definition) is 1. The van der Waals surface area contributed by atoms with Crippen LogP contribution in [0.2, 0.25) is 0 Å². The molecule has 1 N–H and O–H groups in total. The molecule has 0 saturated heterocycles. The lowest BCUT2D eigenvalue weighted by molar-refractivity contribution is -0.385. The first-order valence-corrected chi connectivity index (χ1v) is 6.22. The molecule has 0 spiro atoms. The molecule has 0 atom stereocenters. The second-order valence-corrected chi connectivity index (χ2v) is 4.33. The topological polar surface area (TPSA) is 84.6 Å². The molecule has 1 amide bonds. The molecule has 0 heterocycles. The maximum atomic E-state index is 11.9. The first-order chi connectivity index (χ1) is 10.1. The molecule has 2 rings (SSSR count). The van der Waals surface area contributed by atoms with Gasteiger partial charge in [0, 0.05) is 11.6 Å². The molecule has 0 unspecified atom stereocenters. The van der Waals surface area contributed by atoms with Gasteiger partial charge in [0.2, 0.25) is 0 Å². The highest BCUT2D eigenvalue weighted by molar-refractivity contribution is 5.96. The van der Waals surface area contributed by atoms with Crippen LogP contribution in [0.5, 0.6) is 0 Å². The van der Waals surface area contributed by atoms with E-state index in [1.54, 1.807) is 30.3 Å². The molecule has 0 radical (unpaired) electrons. The number of nitrogens with zero attached hydrogens (tertiary/aromatic N) is 2. The molecule has 0 aliphatic rings. The number of nitrogens with one attached hydrogen (secondary N) is 1. The smallest absolute Gasteiger partial charge is 0.267 e. The summed E-state index contributed by atoms with van der Waals surface area (Å²) in [5.41, 5.74) is 3.97. The summed E-state index contributed by atoms with van der Waals surface area (Å²) < 4.78 is 0. The minimum absolute atomic E-state index is 0.0635. The third-order valence-electron chi connectivity index (χ3n) is 2.89. The number of nitro groups is 1. The summed E-state index contributed by atoms with van der Waals surface area (Å²) in [5.74, 6) is -0.358. The fraction of sp³-hybridized carbons (Fsp3) is 0.0667. The highest BCUT2D eigenvalue weighted by atomic mass is 16.6. The summed E-state index contributed by atoms with van der Waals surface area (Å²) in [7, 11) is 0. The Hall–Kier alpha value is -3.02. The number of hydrazone groups is 1. The molecular weight excluding hydrogens is 270 g/mol. The van der Waals surface area contributed by atoms with Crippen molar-refractivity contribution in [2.24, 2.45) is 5.10 Å². The maximum Gasteiger partial charge on any atom is 0.278 e. The Morgan fingerprint density at radius 2 is 1.86 bits per heavy atom. The number of hydrogen-bond acceptors (Lipinski definition) is 4. The number of nitro benzene ring substituents is 1. The Bertz CT molecular complexity index is 711. The molecule has 6 nitrogen and oxygen atoms in total. The predicted molar refractivity (Wildman–Crippen MR) is 79.3 cm³/mol. The van der Waals surface area contributed by atoms with Gasteiger partial charge >= 0.3 is 0 Å². The van der Waals surface area contributed by atoms with E-state index >= 15 is 0 Å². The number of benzene rings is 2. The van der Waals surface area contributed by atoms with E-state index in [2.05, 4.69) is 10.5 Å². The third-order valence-corrected chi connectivity index (χ3v) is 2.89. The van der Waals surface area contributed by atoms with Gasteiger partial charge in [-0.3, -0.25) is 14.9 Å². The molecule has 21 heavy (non-hydrogen) atoms. The Balaban J connectivity index is 2.12. The Labute approximate surface area is 121 Å². The molecule has 0 aromatic heterocycles. The second-order valence-electron chi connectivity index (χ2n) is 4.33. The fourth-order valence-corrected chi connectivity index (χ4v) is 1.81. The van der Waals surface area contributed by atoms with Gasteiger partial charge in [0.25, 0.3) is 11.6 Å². The van der Waals surface area contributed by atoms with E-state index < -0.39 is 4.92 Å². The number of amides is 1. The van der Waals surface area contributed by atoms with Crippen LogP contribution in [-0.4, -0.2) is 17.0 Å². The Morgan fingerprint density at radius 3 is 2.57 bits per heavy atom. The van der Waals surface area contributed by atoms with Crippen LogP contribution in [0.15, 0.2) is 53.6 Å². The van der Waals surface area contributed by atoms with E-state index in [9.17, 15) is 14.9 Å². The number of aryl methyl sites for hydroxylation is 1. The van der Waals surface area contributed by atoms with Gasteiger partial charge in [-0.25, -0.2) is 5.43 Å². The summed E-state index contributed by atoms with van der Waals surface area (Å²) in [6.45, 7) is 1.82. The van der Waals surface area contributed by atoms with Crippen LogP contribution < -0.4 is 5.43 Å². The van der Waals surface area contributed by atoms with E-state index in [0.29, 0.717) is 11.1 Å². The van der Waals surface area contributed by atoms with Gasteiger partial charge in [-0.15, -0.1) is 0 Å². The molecular formula is C15H13N3O3. The molecule has 2 aromatic carbocycles. The van der Waals surface area contributed by atoms with E-state index in [1.165, 1.54) is 12.3 Å². The number of rotatable bonds is 4. The average Bonchev–Trinajstić information content (AvgIpc) is 2.48. The Morgan fingerprint density at radius 1 is 1.19 bits per heavy atom. The lowest BCUT2D eigenvalue weighted by atomic mass is 10.1. The monoisotopic (exact) mass is 283 g/mol. The summed E-state index contributed by atoms with van der Waals surface area (Å²) in [6, 6.07) is 13.3.